The Morgan fingerprint density at radius 2 is 1.02 bits per heavy atom. The van der Waals surface area contributed by atoms with Gasteiger partial charge in [-0.15, -0.1) is 9.46 Å². The van der Waals surface area contributed by atoms with E-state index in [2.05, 4.69) is 31.9 Å². The summed E-state index contributed by atoms with van der Waals surface area (Å²) >= 11 is 0. The van der Waals surface area contributed by atoms with Crippen LogP contribution in [0.15, 0.2) is 141 Å². The van der Waals surface area contributed by atoms with Crippen LogP contribution in [-0.4, -0.2) is 160 Å². The molecule has 0 saturated carbocycles. The lowest BCUT2D eigenvalue weighted by atomic mass is 10.1. The fourth-order valence-corrected chi connectivity index (χ4v) is 9.43. The minimum Gasteiger partial charge on any atom is -0.444 e. The second-order valence-electron chi connectivity index (χ2n) is 22.2. The van der Waals surface area contributed by atoms with Crippen molar-refractivity contribution in [2.45, 2.75) is 71.3 Å². The SMILES string of the molecule is Cn1c(C(=O)N2CCCCN(C(=O)c3cccc(=O)n3OCc3ccccc3)CCCNC(=O)c3ccc(c(=O)n3C)C(=O)NCC(C(=O)NCCOCCNC(=O)OC(C)(C)C)NC(=O)c3ccc(n(OCc4ccccc4)c3=O)C(=O)NCCC2)cccc1=O. The van der Waals surface area contributed by atoms with Gasteiger partial charge in [-0.1, -0.05) is 72.8 Å². The molecule has 0 aliphatic carbocycles. The van der Waals surface area contributed by atoms with Gasteiger partial charge in [-0.2, -0.15) is 0 Å². The van der Waals surface area contributed by atoms with E-state index < -0.39 is 99.0 Å². The highest BCUT2D eigenvalue weighted by atomic mass is 16.7. The average molecular weight is 1270 g/mol. The van der Waals surface area contributed by atoms with E-state index in [-0.39, 0.29) is 114 Å². The van der Waals surface area contributed by atoms with Crippen LogP contribution in [0.5, 0.6) is 0 Å². The molecule has 4 bridgehead atoms. The Bertz CT molecular complexity index is 3860. The van der Waals surface area contributed by atoms with Gasteiger partial charge in [0.25, 0.3) is 57.7 Å². The van der Waals surface area contributed by atoms with Crippen LogP contribution in [0.1, 0.15) is 120 Å². The number of rotatable bonds is 15. The molecule has 9 rings (SSSR count). The van der Waals surface area contributed by atoms with Crippen molar-refractivity contribution >= 4 is 47.4 Å². The Labute approximate surface area is 528 Å². The molecule has 1 unspecified atom stereocenters. The fraction of sp³-hybridized carbons (Fsp3) is 0.375. The molecule has 0 saturated heterocycles. The number of nitrogens with zero attached hydrogens (tertiary/aromatic N) is 6. The summed E-state index contributed by atoms with van der Waals surface area (Å²) < 4.78 is 14.5. The van der Waals surface area contributed by atoms with Crippen LogP contribution in [0.25, 0.3) is 0 Å². The van der Waals surface area contributed by atoms with Gasteiger partial charge in [0.05, 0.1) is 13.2 Å². The summed E-state index contributed by atoms with van der Waals surface area (Å²) in [6.45, 7) is 4.23. The zero-order valence-corrected chi connectivity index (χ0v) is 51.9. The summed E-state index contributed by atoms with van der Waals surface area (Å²) in [6, 6.07) is 29.0. The monoisotopic (exact) mass is 1270 g/mol. The van der Waals surface area contributed by atoms with Crippen molar-refractivity contribution in [3.63, 3.8) is 0 Å². The lowest BCUT2D eigenvalue weighted by Gasteiger charge is -2.26. The fourth-order valence-electron chi connectivity index (χ4n) is 9.43. The van der Waals surface area contributed by atoms with E-state index in [1.807, 2.05) is 6.07 Å². The van der Waals surface area contributed by atoms with Gasteiger partial charge < -0.3 is 70.0 Å². The smallest absolute Gasteiger partial charge is 0.407 e. The van der Waals surface area contributed by atoms with E-state index >= 15 is 0 Å². The first kappa shape index (κ1) is 68.8. The minimum atomic E-state index is -1.63. The standard InChI is InChI=1S/C64H76N12O16/c1-64(2,3)92-63(88)68-33-39-89-38-32-67-56(81)47-40-69-54(79)45-26-28-48(72(5)59(45)84)57(82)65-30-16-37-74(62(87)51-23-15-25-53(78)75(51)90-41-43-18-8-6-9-19-43)35-13-12-34-73(61(86)50-22-14-24-52(77)71(50)4)36-17-31-66-58(83)49-29-27-46(55(80)70-47)60(85)76(49)91-42-44-20-10-7-11-21-44/h6-11,14-15,18-29,47H,12-13,16-17,30-42H2,1-5H3,(H,65,82)(H,66,83)(H,67,81)(H,68,88)(H,69,79)(H,70,80). The highest BCUT2D eigenvalue weighted by molar-refractivity contribution is 6.00. The number of hydrogen-bond acceptors (Lipinski definition) is 16. The lowest BCUT2D eigenvalue weighted by molar-refractivity contribution is -0.123. The second-order valence-corrected chi connectivity index (χ2v) is 22.2. The van der Waals surface area contributed by atoms with Crippen LogP contribution >= 0.6 is 0 Å². The van der Waals surface area contributed by atoms with Crippen LogP contribution < -0.4 is 63.8 Å². The number of hydrogen-bond donors (Lipinski definition) is 6. The highest BCUT2D eigenvalue weighted by Crippen LogP contribution is 2.13. The van der Waals surface area contributed by atoms with Gasteiger partial charge in [0, 0.05) is 85.1 Å². The summed E-state index contributed by atoms with van der Waals surface area (Å²) in [5.74, 6) is -5.61. The topological polar surface area (TPSA) is 340 Å². The number of ether oxygens (including phenoxy) is 2. The summed E-state index contributed by atoms with van der Waals surface area (Å²) in [5.41, 5.74) is -3.99. The maximum absolute atomic E-state index is 14.6. The normalized spacial score (nSPS) is 15.0. The van der Waals surface area contributed by atoms with Crippen molar-refractivity contribution in [2.75, 3.05) is 72.1 Å². The van der Waals surface area contributed by atoms with E-state index in [4.69, 9.17) is 19.1 Å². The largest absolute Gasteiger partial charge is 0.444 e. The third-order valence-corrected chi connectivity index (χ3v) is 14.3. The zero-order valence-electron chi connectivity index (χ0n) is 51.9. The minimum absolute atomic E-state index is 0.0229. The Hall–Kier alpha value is -10.6. The van der Waals surface area contributed by atoms with Crippen molar-refractivity contribution in [1.82, 2.24) is 60.3 Å². The Morgan fingerprint density at radius 3 is 1.62 bits per heavy atom. The van der Waals surface area contributed by atoms with Crippen LogP contribution in [0.2, 0.25) is 0 Å². The number of nitrogens with one attached hydrogen (secondary N) is 6. The van der Waals surface area contributed by atoms with Gasteiger partial charge in [0.1, 0.15) is 58.8 Å². The third kappa shape index (κ3) is 19.4. The first-order chi connectivity index (χ1) is 44.1. The van der Waals surface area contributed by atoms with Crippen molar-refractivity contribution in [1.29, 1.82) is 0 Å². The molecule has 92 heavy (non-hydrogen) atoms. The Kier molecular flexibility index (Phi) is 24.9. The van der Waals surface area contributed by atoms with Gasteiger partial charge in [0.2, 0.25) is 5.91 Å². The number of alkyl carbamates (subject to hydrolysis) is 1. The molecule has 28 heteroatoms. The molecular formula is C64H76N12O16. The van der Waals surface area contributed by atoms with E-state index in [0.717, 1.165) is 33.1 Å². The molecule has 6 N–H and O–H groups in total. The lowest BCUT2D eigenvalue weighted by Crippen LogP contribution is -2.54. The van der Waals surface area contributed by atoms with E-state index in [0.29, 0.717) is 23.1 Å². The molecule has 3 aliphatic rings. The maximum Gasteiger partial charge on any atom is 0.407 e. The van der Waals surface area contributed by atoms with Crippen LogP contribution in [0, 0.1) is 0 Å². The van der Waals surface area contributed by atoms with Gasteiger partial charge in [-0.05, 0) is 94.0 Å². The number of carbonyl (C=O) groups is 8. The molecule has 0 spiro atoms. The maximum atomic E-state index is 14.6. The van der Waals surface area contributed by atoms with Crippen LogP contribution in [0.3, 0.4) is 0 Å². The number of aromatic nitrogens is 4. The number of pyridine rings is 4. The molecule has 28 nitrogen and oxygen atoms in total. The molecule has 3 aliphatic heterocycles. The Morgan fingerprint density at radius 1 is 0.511 bits per heavy atom. The molecule has 488 valence electrons. The predicted octanol–water partition coefficient (Wildman–Crippen LogP) is 1.17. The van der Waals surface area contributed by atoms with Gasteiger partial charge >= 0.3 is 6.09 Å². The summed E-state index contributed by atoms with van der Waals surface area (Å²) in [7, 11) is 2.73. The van der Waals surface area contributed by atoms with E-state index in [9.17, 15) is 57.5 Å². The Balaban J connectivity index is 1.18. The zero-order chi connectivity index (χ0) is 66.3. The molecule has 1 atom stereocenters. The van der Waals surface area contributed by atoms with Crippen molar-refractivity contribution < 1.29 is 57.5 Å². The molecule has 6 aromatic rings. The molecule has 4 aromatic heterocycles. The van der Waals surface area contributed by atoms with Crippen molar-refractivity contribution in [3.8, 4) is 0 Å². The van der Waals surface area contributed by atoms with E-state index in [1.165, 1.54) is 70.9 Å². The average Bonchev–Trinajstić information content (AvgIpc) is 1.44. The first-order valence-corrected chi connectivity index (χ1v) is 29.9. The van der Waals surface area contributed by atoms with Gasteiger partial charge in [0.15, 0.2) is 0 Å². The molecular weight excluding hydrogens is 1190 g/mol. The quantitative estimate of drug-likeness (QED) is 0.0786. The predicted molar refractivity (Wildman–Crippen MR) is 335 cm³/mol. The summed E-state index contributed by atoms with van der Waals surface area (Å²) in [4.78, 5) is 180. The second kappa shape index (κ2) is 33.3. The highest BCUT2D eigenvalue weighted by Gasteiger charge is 2.29. The summed E-state index contributed by atoms with van der Waals surface area (Å²) in [5, 5.41) is 15.6. The van der Waals surface area contributed by atoms with Crippen LogP contribution in [-0.2, 0) is 41.6 Å². The van der Waals surface area contributed by atoms with E-state index in [1.54, 1.807) is 75.4 Å². The molecule has 8 amide bonds. The van der Waals surface area contributed by atoms with Crippen molar-refractivity contribution in [3.05, 3.63) is 208 Å². The third-order valence-electron chi connectivity index (χ3n) is 14.3. The molecule has 0 fully saturated rings. The number of benzene rings is 2. The van der Waals surface area contributed by atoms with Gasteiger partial charge in [-0.25, -0.2) is 4.79 Å². The van der Waals surface area contributed by atoms with Crippen molar-refractivity contribution in [2.24, 2.45) is 14.1 Å². The molecule has 2 aromatic carbocycles. The molecule has 7 heterocycles. The molecule has 0 radical (unpaired) electrons. The summed E-state index contributed by atoms with van der Waals surface area (Å²) in [6.07, 6.45) is 0.254. The number of amides is 8. The van der Waals surface area contributed by atoms with Gasteiger partial charge in [-0.3, -0.25) is 52.7 Å². The number of carbonyl (C=O) groups excluding carboxylic acids is 8. The number of fused-ring (bicyclic) bond motifs is 2. The van der Waals surface area contributed by atoms with Crippen LogP contribution in [0.4, 0.5) is 4.79 Å². The first-order valence-electron chi connectivity index (χ1n) is 29.9.